The van der Waals surface area contributed by atoms with E-state index in [-0.39, 0.29) is 41.3 Å². The van der Waals surface area contributed by atoms with Crippen molar-refractivity contribution >= 4 is 56.0 Å². The lowest BCUT2D eigenvalue weighted by molar-refractivity contribution is -0.145. The zero-order valence-electron chi connectivity index (χ0n) is 20.6. The molecule has 4 aromatic rings. The van der Waals surface area contributed by atoms with E-state index in [1.54, 1.807) is 25.1 Å². The van der Waals surface area contributed by atoms with Crippen LogP contribution in [0.4, 0.5) is 18.9 Å². The molecule has 204 valence electrons. The van der Waals surface area contributed by atoms with Crippen molar-refractivity contribution in [3.63, 3.8) is 0 Å². The number of anilines is 1. The van der Waals surface area contributed by atoms with Gasteiger partial charge in [0.2, 0.25) is 0 Å². The fourth-order valence-corrected chi connectivity index (χ4v) is 4.74. The number of aryl methyl sites for hydroxylation is 1. The van der Waals surface area contributed by atoms with Gasteiger partial charge in [-0.25, -0.2) is 9.67 Å². The van der Waals surface area contributed by atoms with Crippen LogP contribution in [0, 0.1) is 10.5 Å². The number of nitrogens with one attached hydrogen (secondary N) is 2. The monoisotopic (exact) mass is 717 g/mol. The number of alkyl halides is 3. The molecule has 0 aliphatic carbocycles. The molecule has 0 atom stereocenters. The highest BCUT2D eigenvalue weighted by Gasteiger charge is 2.37. The summed E-state index contributed by atoms with van der Waals surface area (Å²) in [6.45, 7) is 5.11. The van der Waals surface area contributed by atoms with E-state index < -0.39 is 17.9 Å². The molecular formula is C23H20BrF3IN9O2. The quantitative estimate of drug-likeness (QED) is 0.271. The first-order chi connectivity index (χ1) is 18.3. The Morgan fingerprint density at radius 1 is 1.15 bits per heavy atom. The van der Waals surface area contributed by atoms with E-state index in [1.165, 1.54) is 16.9 Å². The second-order valence-electron chi connectivity index (χ2n) is 8.61. The van der Waals surface area contributed by atoms with E-state index >= 15 is 0 Å². The number of aromatic nitrogens is 7. The van der Waals surface area contributed by atoms with Gasteiger partial charge in [-0.15, -0.1) is 10.2 Å². The minimum absolute atomic E-state index is 0.00808. The molecule has 0 saturated heterocycles. The van der Waals surface area contributed by atoms with Crippen LogP contribution in [0.3, 0.4) is 0 Å². The predicted molar refractivity (Wildman–Crippen MR) is 145 cm³/mol. The third-order valence-corrected chi connectivity index (χ3v) is 6.39. The molecule has 16 heteroatoms. The predicted octanol–water partition coefficient (Wildman–Crippen LogP) is 4.39. The van der Waals surface area contributed by atoms with E-state index in [0.29, 0.717) is 15.7 Å². The van der Waals surface area contributed by atoms with Gasteiger partial charge in [0, 0.05) is 15.8 Å². The number of amides is 2. The maximum Gasteiger partial charge on any atom is 0.455 e. The number of hydrogen-bond donors (Lipinski definition) is 2. The molecule has 1 aromatic carbocycles. The molecule has 0 fully saturated rings. The van der Waals surface area contributed by atoms with Crippen LogP contribution in [-0.4, -0.2) is 52.8 Å². The van der Waals surface area contributed by atoms with Gasteiger partial charge in [0.05, 0.1) is 21.4 Å². The highest BCUT2D eigenvalue weighted by Crippen LogP contribution is 2.27. The van der Waals surface area contributed by atoms with Crippen molar-refractivity contribution in [1.82, 2.24) is 40.3 Å². The maximum atomic E-state index is 13.6. The molecule has 0 bridgehead atoms. The van der Waals surface area contributed by atoms with E-state index in [0.717, 1.165) is 8.37 Å². The van der Waals surface area contributed by atoms with Crippen molar-refractivity contribution in [2.45, 2.75) is 39.5 Å². The van der Waals surface area contributed by atoms with Crippen LogP contribution in [0.5, 0.6) is 0 Å². The van der Waals surface area contributed by atoms with Crippen LogP contribution < -0.4 is 10.6 Å². The fraction of sp³-hybridized carbons (Fsp3) is 0.261. The van der Waals surface area contributed by atoms with Crippen molar-refractivity contribution in [3.8, 4) is 5.82 Å². The van der Waals surface area contributed by atoms with Crippen molar-refractivity contribution in [2.24, 2.45) is 0 Å². The van der Waals surface area contributed by atoms with Gasteiger partial charge in [0.25, 0.3) is 17.6 Å². The molecule has 0 radical (unpaired) electrons. The number of rotatable bonds is 7. The van der Waals surface area contributed by atoms with Gasteiger partial charge in [-0.1, -0.05) is 0 Å². The summed E-state index contributed by atoms with van der Waals surface area (Å²) in [4.78, 5) is 31.5. The largest absolute Gasteiger partial charge is 0.455 e. The molecule has 0 unspecified atom stereocenters. The van der Waals surface area contributed by atoms with E-state index in [1.807, 2.05) is 19.9 Å². The Hall–Kier alpha value is -3.41. The lowest BCUT2D eigenvalue weighted by Gasteiger charge is -2.16. The molecule has 39 heavy (non-hydrogen) atoms. The summed E-state index contributed by atoms with van der Waals surface area (Å²) in [7, 11) is 0. The van der Waals surface area contributed by atoms with Gasteiger partial charge in [-0.2, -0.15) is 23.1 Å². The molecule has 0 saturated carbocycles. The molecule has 0 aliphatic heterocycles. The second kappa shape index (κ2) is 11.4. The first kappa shape index (κ1) is 28.6. The van der Waals surface area contributed by atoms with Crippen LogP contribution >= 0.6 is 38.5 Å². The first-order valence-corrected chi connectivity index (χ1v) is 13.2. The lowest BCUT2D eigenvalue weighted by Crippen LogP contribution is -2.31. The van der Waals surface area contributed by atoms with Crippen LogP contribution in [-0.2, 0) is 12.7 Å². The van der Waals surface area contributed by atoms with Gasteiger partial charge in [-0.3, -0.25) is 9.59 Å². The van der Waals surface area contributed by atoms with Crippen LogP contribution in [0.15, 0.2) is 41.0 Å². The zero-order chi connectivity index (χ0) is 28.5. The maximum absolute atomic E-state index is 13.6. The lowest BCUT2D eigenvalue weighted by atomic mass is 10.1. The van der Waals surface area contributed by atoms with Crippen LogP contribution in [0.2, 0.25) is 0 Å². The van der Waals surface area contributed by atoms with Crippen LogP contribution in [0.25, 0.3) is 5.82 Å². The Balaban J connectivity index is 1.74. The second-order valence-corrected chi connectivity index (χ2v) is 10.7. The van der Waals surface area contributed by atoms with Crippen molar-refractivity contribution in [3.05, 3.63) is 72.9 Å². The minimum atomic E-state index is -4.76. The molecule has 3 heterocycles. The van der Waals surface area contributed by atoms with Gasteiger partial charge in [0.1, 0.15) is 12.2 Å². The molecule has 2 N–H and O–H groups in total. The van der Waals surface area contributed by atoms with E-state index in [2.05, 4.69) is 74.6 Å². The van der Waals surface area contributed by atoms with Crippen molar-refractivity contribution < 1.29 is 22.8 Å². The van der Waals surface area contributed by atoms with Gasteiger partial charge >= 0.3 is 6.18 Å². The third kappa shape index (κ3) is 6.60. The average Bonchev–Trinajstić information content (AvgIpc) is 3.48. The molecule has 0 aliphatic rings. The van der Waals surface area contributed by atoms with E-state index in [9.17, 15) is 22.8 Å². The Morgan fingerprint density at radius 2 is 1.90 bits per heavy atom. The standard InChI is InChI=1S/C23H20BrF3IN9O2/c1-11(2)30-20(38)15-8-13(28)7-12(3)18(15)31-21(39)17-9-14(10-36-34-22(32-35-36)23(25,26)27)33-37(17)19-16(24)5-4-6-29-19/h4-9,11H,10H2,1-3H3,(H,30,38)(H,31,39). The van der Waals surface area contributed by atoms with Gasteiger partial charge in [-0.05, 0) is 100 Å². The zero-order valence-corrected chi connectivity index (χ0v) is 24.3. The fourth-order valence-electron chi connectivity index (χ4n) is 3.54. The molecular weight excluding hydrogens is 698 g/mol. The van der Waals surface area contributed by atoms with Gasteiger partial charge < -0.3 is 10.6 Å². The van der Waals surface area contributed by atoms with Gasteiger partial charge in [0.15, 0.2) is 5.82 Å². The van der Waals surface area contributed by atoms with Crippen molar-refractivity contribution in [2.75, 3.05) is 5.32 Å². The summed E-state index contributed by atoms with van der Waals surface area (Å²) >= 11 is 5.47. The molecule has 4 rings (SSSR count). The molecule has 0 spiro atoms. The number of benzene rings is 1. The van der Waals surface area contributed by atoms with E-state index in [4.69, 9.17) is 0 Å². The summed E-state index contributed by atoms with van der Waals surface area (Å²) in [6, 6.07) is 8.08. The number of halogens is 5. The molecule has 11 nitrogen and oxygen atoms in total. The Labute approximate surface area is 241 Å². The minimum Gasteiger partial charge on any atom is -0.350 e. The summed E-state index contributed by atoms with van der Waals surface area (Å²) in [5, 5.41) is 19.8. The SMILES string of the molecule is Cc1cc(I)cc(C(=O)NC(C)C)c1NC(=O)c1cc(Cn2nnc(C(F)(F)F)n2)nn1-c1ncccc1Br. The molecule has 2 amide bonds. The van der Waals surface area contributed by atoms with Crippen LogP contribution in [0.1, 0.15) is 51.8 Å². The number of nitrogens with zero attached hydrogens (tertiary/aromatic N) is 7. The van der Waals surface area contributed by atoms with Crippen molar-refractivity contribution in [1.29, 1.82) is 0 Å². The summed E-state index contributed by atoms with van der Waals surface area (Å²) < 4.78 is 41.3. The number of hydrogen-bond acceptors (Lipinski definition) is 7. The number of tetrazole rings is 1. The summed E-state index contributed by atoms with van der Waals surface area (Å²) in [5.41, 5.74) is 1.41. The summed E-state index contributed by atoms with van der Waals surface area (Å²) in [5.74, 6) is -2.12. The smallest absolute Gasteiger partial charge is 0.350 e. The summed E-state index contributed by atoms with van der Waals surface area (Å²) in [6.07, 6.45) is -3.26. The normalized spacial score (nSPS) is 11.6. The highest BCUT2D eigenvalue weighted by molar-refractivity contribution is 14.1. The third-order valence-electron chi connectivity index (χ3n) is 5.15. The average molecular weight is 718 g/mol. The number of pyridine rings is 1. The molecule has 3 aromatic heterocycles. The first-order valence-electron chi connectivity index (χ1n) is 11.3. The Morgan fingerprint density at radius 3 is 2.54 bits per heavy atom. The highest BCUT2D eigenvalue weighted by atomic mass is 127. The Kier molecular flexibility index (Phi) is 8.34. The topological polar surface area (TPSA) is 133 Å². The Bertz CT molecular complexity index is 1550. The number of carbonyl (C=O) groups excluding carboxylic acids is 2. The number of carbonyl (C=O) groups is 2.